The largest absolute Gasteiger partial charge is 1.00 e. The molecule has 2 N–H and O–H groups in total. The monoisotopic (exact) mass is 1120 g/mol. The Bertz CT molecular complexity index is 3530. The Labute approximate surface area is 483 Å². The number of hydrogen-bond donors (Lipinski definition) is 2. The molecule has 0 radical (unpaired) electrons. The molecule has 0 saturated carbocycles. The summed E-state index contributed by atoms with van der Waals surface area (Å²) in [5.41, 5.74) is 8.96. The number of ketones is 2. The molecule has 7 heterocycles. The second kappa shape index (κ2) is 28.0. The first-order chi connectivity index (χ1) is 35.4. The van der Waals surface area contributed by atoms with Crippen LogP contribution in [0, 0.1) is 0 Å². The van der Waals surface area contributed by atoms with Gasteiger partial charge in [-0.15, -0.1) is 34.0 Å². The predicted octanol–water partition coefficient (Wildman–Crippen LogP) is 10.7. The molecule has 75 heavy (non-hydrogen) atoms. The van der Waals surface area contributed by atoms with Gasteiger partial charge in [-0.3, -0.25) is 44.3 Å². The van der Waals surface area contributed by atoms with Gasteiger partial charge in [0.15, 0.2) is 11.6 Å². The Morgan fingerprint density at radius 2 is 0.920 bits per heavy atom. The zero-order chi connectivity index (χ0) is 51.3. The van der Waals surface area contributed by atoms with E-state index in [1.807, 2.05) is 97.1 Å². The van der Waals surface area contributed by atoms with Crippen molar-refractivity contribution in [2.75, 3.05) is 7.11 Å². The number of pyridine rings is 3. The zero-order valence-corrected chi connectivity index (χ0v) is 46.6. The molecule has 0 bridgehead atoms. The molecule has 3 aromatic carbocycles. The number of carbonyl (C=O) groups is 3. The number of hydrogen-bond acceptors (Lipinski definition) is 14. The van der Waals surface area contributed by atoms with E-state index in [1.54, 1.807) is 73.6 Å². The first-order valence-electron chi connectivity index (χ1n) is 22.2. The van der Waals surface area contributed by atoms with Crippen LogP contribution in [0.25, 0.3) is 42.3 Å². The van der Waals surface area contributed by atoms with Crippen molar-refractivity contribution in [1.29, 1.82) is 0 Å². The average Bonchev–Trinajstić information content (AvgIpc) is 4.25. The van der Waals surface area contributed by atoms with Crippen LogP contribution in [0.1, 0.15) is 75.3 Å². The van der Waals surface area contributed by atoms with Crippen LogP contribution in [0.5, 0.6) is 0 Å². The van der Waals surface area contributed by atoms with E-state index in [2.05, 4.69) is 39.9 Å². The van der Waals surface area contributed by atoms with E-state index in [0.717, 1.165) is 65.4 Å². The molecule has 20 heteroatoms. The number of methoxy groups -OCH3 is 1. The Hall–Kier alpha value is -6.31. The van der Waals surface area contributed by atoms with E-state index in [0.29, 0.717) is 54.8 Å². The first kappa shape index (κ1) is 58.0. The minimum absolute atomic E-state index is 0. The van der Waals surface area contributed by atoms with Crippen LogP contribution in [0.15, 0.2) is 157 Å². The molecule has 0 aliphatic rings. The average molecular weight is 1120 g/mol. The summed E-state index contributed by atoms with van der Waals surface area (Å²) >= 11 is 22.0. The second-order valence-corrected chi connectivity index (χ2v) is 20.2. The number of halogens is 3. The van der Waals surface area contributed by atoms with Gasteiger partial charge in [-0.05, 0) is 89.5 Å². The van der Waals surface area contributed by atoms with Gasteiger partial charge in [0.1, 0.15) is 21.4 Å². The van der Waals surface area contributed by atoms with E-state index < -0.39 is 5.97 Å². The Kier molecular flexibility index (Phi) is 21.6. The van der Waals surface area contributed by atoms with Gasteiger partial charge in [-0.2, -0.15) is 0 Å². The second-order valence-electron chi connectivity index (χ2n) is 15.9. The van der Waals surface area contributed by atoms with Crippen molar-refractivity contribution in [1.82, 2.24) is 40.1 Å². The minimum atomic E-state index is -0.564. The third kappa shape index (κ3) is 16.1. The zero-order valence-electron chi connectivity index (χ0n) is 40.8. The van der Waals surface area contributed by atoms with Crippen LogP contribution in [0.3, 0.4) is 0 Å². The van der Waals surface area contributed by atoms with Crippen molar-refractivity contribution < 1.29 is 50.1 Å². The number of Topliss-reactive ketones (excluding diaryl/α,β-unsaturated/α-hetero) is 2. The number of thiazole rings is 3. The Balaban J connectivity index is 0.000000207. The number of H-pyrrole nitrogens is 2. The van der Waals surface area contributed by atoms with Gasteiger partial charge >= 0.3 is 35.5 Å². The Morgan fingerprint density at radius 3 is 1.31 bits per heavy atom. The number of rotatable bonds is 14. The number of aromatic amines is 2. The summed E-state index contributed by atoms with van der Waals surface area (Å²) in [6, 6.07) is 35.5. The maximum Gasteiger partial charge on any atom is 1.00 e. The summed E-state index contributed by atoms with van der Waals surface area (Å²) in [6.07, 6.45) is 11.7. The van der Waals surface area contributed by atoms with Crippen LogP contribution in [-0.4, -0.2) is 64.7 Å². The number of nitrogens with zero attached hydrogens (tertiary/aromatic N) is 6. The van der Waals surface area contributed by atoms with E-state index >= 15 is 0 Å². The molecule has 376 valence electrons. The summed E-state index contributed by atoms with van der Waals surface area (Å²) in [6.45, 7) is 1.58. The topological polar surface area (TPSA) is 186 Å². The fraction of sp³-hybridized carbons (Fsp3) is 0.127. The molecule has 7 aromatic heterocycles. The molecule has 0 aliphatic heterocycles. The fourth-order valence-electron chi connectivity index (χ4n) is 7.10. The Morgan fingerprint density at radius 1 is 0.547 bits per heavy atom. The SMILES string of the molecule is C.CC(=O)c1sc(-c2ccncc2)nc1Cc1ccc(Cl)cc1.COC(=O)CC(=O)c1sc(-c2ccncc2)nc1Cc1ccc(Cl)cc1.O=c1cc(-c2sc(-c3ccncc3)nc2Cc2ccc(Cl)cc2)[nH][nH]1.[H-].[Na+]. The maximum absolute atomic E-state index is 12.6. The number of nitrogens with one attached hydrogen (secondary N) is 2. The summed E-state index contributed by atoms with van der Waals surface area (Å²) in [7, 11) is 1.26. The number of aromatic nitrogens is 8. The number of carbonyl (C=O) groups excluding carboxylic acids is 3. The molecule has 10 rings (SSSR count). The van der Waals surface area contributed by atoms with E-state index in [9.17, 15) is 19.2 Å². The van der Waals surface area contributed by atoms with Crippen molar-refractivity contribution in [3.63, 3.8) is 0 Å². The van der Waals surface area contributed by atoms with E-state index in [1.165, 1.54) is 29.8 Å². The predicted molar refractivity (Wildman–Crippen MR) is 298 cm³/mol. The number of benzene rings is 3. The van der Waals surface area contributed by atoms with Gasteiger partial charge in [0.2, 0.25) is 0 Å². The first-order valence-corrected chi connectivity index (χ1v) is 25.8. The minimum Gasteiger partial charge on any atom is -1.00 e. The van der Waals surface area contributed by atoms with Gasteiger partial charge in [-0.25, -0.2) is 15.0 Å². The summed E-state index contributed by atoms with van der Waals surface area (Å²) in [4.78, 5) is 75.8. The third-order valence-corrected chi connectivity index (χ3v) is 15.0. The molecule has 0 amide bonds. The number of esters is 1. The molecule has 0 fully saturated rings. The molecular formula is C55H46Cl3N8NaO5S3. The molecule has 0 unspecified atom stereocenters. The van der Waals surface area contributed by atoms with Gasteiger partial charge in [-0.1, -0.05) is 78.6 Å². The van der Waals surface area contributed by atoms with Crippen LogP contribution < -0.4 is 35.1 Å². The smallest absolute Gasteiger partial charge is 1.00 e. The van der Waals surface area contributed by atoms with Crippen LogP contribution >= 0.6 is 68.8 Å². The maximum atomic E-state index is 12.6. The number of ether oxygens (including phenoxy) is 1. The third-order valence-electron chi connectivity index (χ3n) is 10.7. The molecule has 13 nitrogen and oxygen atoms in total. The normalized spacial score (nSPS) is 10.4. The standard InChI is InChI=1S/C19H15ClN2O3S.C18H13ClN4OS.C17H13ClN2OS.CH4.Na.H/c1-25-17(24)11-16(23)18-15(10-12-2-4-14(20)5-3-12)22-19(26-18)13-6-8-21-9-7-13;19-13-3-1-11(2-4-13)9-14-17(15-10-16(24)23-22-15)25-18(21-14)12-5-7-20-8-6-12;1-11(21)16-15(10-12-2-4-14(18)5-3-12)20-17(22-16)13-6-8-19-9-7-13;;;/h2-9H,10-11H2,1H3;1-8,10H,9H2,(H2,22,23,24);2-9H,10H2,1H3;1H4;;/q;;;;+1;-1. The summed E-state index contributed by atoms with van der Waals surface area (Å²) < 4.78 is 4.61. The van der Waals surface area contributed by atoms with Gasteiger partial charge < -0.3 is 6.16 Å². The van der Waals surface area contributed by atoms with Crippen molar-refractivity contribution in [2.45, 2.75) is 40.0 Å². The van der Waals surface area contributed by atoms with Crippen LogP contribution in [0.2, 0.25) is 15.1 Å². The van der Waals surface area contributed by atoms with Crippen molar-refractivity contribution in [3.05, 3.63) is 221 Å². The van der Waals surface area contributed by atoms with Crippen molar-refractivity contribution in [2.24, 2.45) is 0 Å². The van der Waals surface area contributed by atoms with Crippen LogP contribution in [-0.2, 0) is 28.8 Å². The molecule has 0 atom stereocenters. The van der Waals surface area contributed by atoms with Crippen molar-refractivity contribution >= 4 is 86.3 Å². The molecular weight excluding hydrogens is 1080 g/mol. The molecule has 0 aliphatic carbocycles. The quantitative estimate of drug-likeness (QED) is 0.0457. The van der Waals surface area contributed by atoms with Crippen molar-refractivity contribution in [3.8, 4) is 42.3 Å². The fourth-order valence-corrected chi connectivity index (χ4v) is 10.5. The molecule has 10 aromatic rings. The van der Waals surface area contributed by atoms with Gasteiger partial charge in [0.25, 0.3) is 5.56 Å². The summed E-state index contributed by atoms with van der Waals surface area (Å²) in [5.74, 6) is -0.813. The van der Waals surface area contributed by atoms with Gasteiger partial charge in [0.05, 0.1) is 44.5 Å². The molecule has 0 spiro atoms. The van der Waals surface area contributed by atoms with Crippen LogP contribution in [0.4, 0.5) is 0 Å². The van der Waals surface area contributed by atoms with E-state index in [4.69, 9.17) is 39.8 Å². The molecule has 0 saturated heterocycles. The summed E-state index contributed by atoms with van der Waals surface area (Å²) in [5, 5.41) is 10.0. The van der Waals surface area contributed by atoms with Gasteiger partial charge in [0, 0.05) is 101 Å². The van der Waals surface area contributed by atoms with E-state index in [-0.39, 0.29) is 62.0 Å².